The number of likely N-dealkylation sites (N-methyl/N-ethyl adjacent to an activating group) is 1. The van der Waals surface area contributed by atoms with Crippen molar-refractivity contribution >= 4 is 39.9 Å². The number of rotatable bonds is 7. The number of ketones is 1. The van der Waals surface area contributed by atoms with Crippen molar-refractivity contribution in [3.8, 4) is 11.3 Å². The molecule has 1 amide bonds. The number of nitrogens with one attached hydrogen (secondary N) is 1. The summed E-state index contributed by atoms with van der Waals surface area (Å²) in [6, 6.07) is 24.9. The van der Waals surface area contributed by atoms with Crippen LogP contribution in [0.5, 0.6) is 0 Å². The molecule has 0 saturated carbocycles. The molecule has 0 aliphatic rings. The lowest BCUT2D eigenvalue weighted by Gasteiger charge is -2.16. The Morgan fingerprint density at radius 2 is 1.56 bits per heavy atom. The maximum atomic E-state index is 13.5. The second kappa shape index (κ2) is 9.39. The second-order valence-corrected chi connectivity index (χ2v) is 8.20. The van der Waals surface area contributed by atoms with Gasteiger partial charge in [-0.2, -0.15) is 0 Å². The van der Waals surface area contributed by atoms with E-state index in [1.165, 1.54) is 0 Å². The van der Waals surface area contributed by atoms with Crippen LogP contribution in [-0.2, 0) is 11.8 Å². The van der Waals surface area contributed by atoms with Gasteiger partial charge in [0, 0.05) is 18.0 Å². The quantitative estimate of drug-likeness (QED) is 0.395. The van der Waals surface area contributed by atoms with E-state index in [9.17, 15) is 9.59 Å². The van der Waals surface area contributed by atoms with Crippen LogP contribution in [0.4, 0.5) is 5.69 Å². The Morgan fingerprint density at radius 1 is 0.906 bits per heavy atom. The van der Waals surface area contributed by atoms with E-state index >= 15 is 0 Å². The summed E-state index contributed by atoms with van der Waals surface area (Å²) in [5.74, 6) is -0.261. The lowest BCUT2D eigenvalue weighted by molar-refractivity contribution is -0.116. The average Bonchev–Trinajstić information content (AvgIpc) is 3.08. The van der Waals surface area contributed by atoms with Crippen LogP contribution < -0.4 is 5.32 Å². The number of aryl methyl sites for hydroxylation is 1. The number of amides is 1. The van der Waals surface area contributed by atoms with E-state index in [1.54, 1.807) is 36.2 Å². The SMILES string of the molecule is CN(CC(=O)Nc1ccccc1Cl)CC(=O)c1c(-c2ccccc2)n(C)c2ccccc12. The van der Waals surface area contributed by atoms with Crippen molar-refractivity contribution in [2.45, 2.75) is 0 Å². The minimum Gasteiger partial charge on any atom is -0.343 e. The van der Waals surface area contributed by atoms with Crippen LogP contribution in [0.1, 0.15) is 10.4 Å². The van der Waals surface area contributed by atoms with Gasteiger partial charge in [-0.05, 0) is 30.8 Å². The largest absolute Gasteiger partial charge is 0.343 e. The van der Waals surface area contributed by atoms with Crippen LogP contribution in [0.3, 0.4) is 0 Å². The fourth-order valence-corrected chi connectivity index (χ4v) is 4.17. The van der Waals surface area contributed by atoms with Gasteiger partial charge in [0.05, 0.1) is 35.1 Å². The highest BCUT2D eigenvalue weighted by Gasteiger charge is 2.23. The molecular weight excluding hydrogens is 422 g/mol. The first-order chi connectivity index (χ1) is 15.5. The fourth-order valence-electron chi connectivity index (χ4n) is 3.99. The molecule has 0 bridgehead atoms. The molecule has 1 aromatic heterocycles. The van der Waals surface area contributed by atoms with Crippen LogP contribution in [-0.4, -0.2) is 41.3 Å². The Kier molecular flexibility index (Phi) is 6.40. The van der Waals surface area contributed by atoms with Crippen LogP contribution in [0.2, 0.25) is 5.02 Å². The molecule has 32 heavy (non-hydrogen) atoms. The van der Waals surface area contributed by atoms with Crippen LogP contribution in [0, 0.1) is 0 Å². The number of nitrogens with zero attached hydrogens (tertiary/aromatic N) is 2. The average molecular weight is 446 g/mol. The zero-order chi connectivity index (χ0) is 22.7. The van der Waals surface area contributed by atoms with Crippen molar-refractivity contribution in [1.29, 1.82) is 0 Å². The lowest BCUT2D eigenvalue weighted by Crippen LogP contribution is -2.34. The number of fused-ring (bicyclic) bond motifs is 1. The van der Waals surface area contributed by atoms with E-state index in [-0.39, 0.29) is 24.8 Å². The second-order valence-electron chi connectivity index (χ2n) is 7.79. The number of hydrogen-bond acceptors (Lipinski definition) is 3. The molecule has 162 valence electrons. The molecule has 0 unspecified atom stereocenters. The third-order valence-corrected chi connectivity index (χ3v) is 5.74. The number of benzene rings is 3. The van der Waals surface area contributed by atoms with Crippen molar-refractivity contribution in [3.63, 3.8) is 0 Å². The van der Waals surface area contributed by atoms with Gasteiger partial charge in [-0.15, -0.1) is 0 Å². The number of para-hydroxylation sites is 2. The molecule has 0 radical (unpaired) electrons. The topological polar surface area (TPSA) is 54.3 Å². The van der Waals surface area contributed by atoms with Gasteiger partial charge in [0.25, 0.3) is 0 Å². The zero-order valence-corrected chi connectivity index (χ0v) is 18.8. The molecule has 3 aromatic carbocycles. The number of carbonyl (C=O) groups excluding carboxylic acids is 2. The van der Waals surface area contributed by atoms with Gasteiger partial charge in [0.15, 0.2) is 5.78 Å². The summed E-state index contributed by atoms with van der Waals surface area (Å²) in [5, 5.41) is 4.18. The van der Waals surface area contributed by atoms with Crippen molar-refractivity contribution in [1.82, 2.24) is 9.47 Å². The van der Waals surface area contributed by atoms with Crippen molar-refractivity contribution in [2.24, 2.45) is 7.05 Å². The van der Waals surface area contributed by atoms with Crippen molar-refractivity contribution in [2.75, 3.05) is 25.5 Å². The molecule has 0 aliphatic carbocycles. The standard InChI is InChI=1S/C26H24ClN3O2/c1-29(17-24(32)28-21-14-8-7-13-20(21)27)16-23(31)25-19-12-6-9-15-22(19)30(2)26(25)18-10-4-3-5-11-18/h3-15H,16-17H2,1-2H3,(H,28,32). The Morgan fingerprint density at radius 3 is 2.31 bits per heavy atom. The molecular formula is C26H24ClN3O2. The highest BCUT2D eigenvalue weighted by atomic mass is 35.5. The molecule has 6 heteroatoms. The molecule has 0 fully saturated rings. The summed E-state index contributed by atoms with van der Waals surface area (Å²) in [7, 11) is 3.74. The number of anilines is 1. The molecule has 0 aliphatic heterocycles. The van der Waals surface area contributed by atoms with E-state index in [4.69, 9.17) is 11.6 Å². The van der Waals surface area contributed by atoms with Gasteiger partial charge >= 0.3 is 0 Å². The number of aromatic nitrogens is 1. The smallest absolute Gasteiger partial charge is 0.238 e. The molecule has 1 N–H and O–H groups in total. The monoisotopic (exact) mass is 445 g/mol. The first-order valence-electron chi connectivity index (χ1n) is 10.3. The summed E-state index contributed by atoms with van der Waals surface area (Å²) in [4.78, 5) is 27.6. The first-order valence-corrected chi connectivity index (χ1v) is 10.7. The van der Waals surface area contributed by atoms with Crippen LogP contribution in [0.15, 0.2) is 78.9 Å². The lowest BCUT2D eigenvalue weighted by atomic mass is 10.0. The third kappa shape index (κ3) is 4.44. The molecule has 4 aromatic rings. The minimum atomic E-state index is -0.227. The highest BCUT2D eigenvalue weighted by Crippen LogP contribution is 2.33. The third-order valence-electron chi connectivity index (χ3n) is 5.41. The number of hydrogen-bond donors (Lipinski definition) is 1. The van der Waals surface area contributed by atoms with Gasteiger partial charge < -0.3 is 9.88 Å². The molecule has 0 atom stereocenters. The number of carbonyl (C=O) groups is 2. The van der Waals surface area contributed by atoms with Gasteiger partial charge in [0.1, 0.15) is 0 Å². The van der Waals surface area contributed by atoms with Gasteiger partial charge in [-0.25, -0.2) is 0 Å². The maximum Gasteiger partial charge on any atom is 0.238 e. The molecule has 5 nitrogen and oxygen atoms in total. The van der Waals surface area contributed by atoms with Gasteiger partial charge in [0.2, 0.25) is 5.91 Å². The maximum absolute atomic E-state index is 13.5. The first kappa shape index (κ1) is 21.8. The van der Waals surface area contributed by atoms with Gasteiger partial charge in [-0.3, -0.25) is 14.5 Å². The summed E-state index contributed by atoms with van der Waals surface area (Å²) >= 11 is 6.12. The molecule has 4 rings (SSSR count). The van der Waals surface area contributed by atoms with Crippen molar-refractivity contribution < 1.29 is 9.59 Å². The van der Waals surface area contributed by atoms with E-state index < -0.39 is 0 Å². The predicted molar refractivity (Wildman–Crippen MR) is 130 cm³/mol. The Hall–Kier alpha value is -3.41. The number of halogens is 1. The van der Waals surface area contributed by atoms with Crippen LogP contribution >= 0.6 is 11.6 Å². The van der Waals surface area contributed by atoms with Gasteiger partial charge in [-0.1, -0.05) is 72.3 Å². The van der Waals surface area contributed by atoms with Crippen LogP contribution in [0.25, 0.3) is 22.2 Å². The molecule has 0 spiro atoms. The van der Waals surface area contributed by atoms with E-state index in [0.29, 0.717) is 16.3 Å². The molecule has 0 saturated heterocycles. The fraction of sp³-hybridized carbons (Fsp3) is 0.154. The zero-order valence-electron chi connectivity index (χ0n) is 18.0. The Labute approximate surface area is 192 Å². The minimum absolute atomic E-state index is 0.0336. The normalized spacial score (nSPS) is 11.1. The highest BCUT2D eigenvalue weighted by molar-refractivity contribution is 6.33. The summed E-state index contributed by atoms with van der Waals surface area (Å²) in [6.07, 6.45) is 0. The predicted octanol–water partition coefficient (Wildman–Crippen LogP) is 5.25. The molecule has 1 heterocycles. The van der Waals surface area contributed by atoms with E-state index in [1.807, 2.05) is 61.6 Å². The van der Waals surface area contributed by atoms with E-state index in [2.05, 4.69) is 9.88 Å². The Balaban J connectivity index is 1.57. The number of Topliss-reactive ketones (excluding diaryl/α,β-unsaturated/α-hetero) is 1. The summed E-state index contributed by atoms with van der Waals surface area (Å²) in [5.41, 5.74) is 4.08. The summed E-state index contributed by atoms with van der Waals surface area (Å²) in [6.45, 7) is 0.187. The van der Waals surface area contributed by atoms with Crippen molar-refractivity contribution in [3.05, 3.63) is 89.4 Å². The Bertz CT molecular complexity index is 1280. The van der Waals surface area contributed by atoms with E-state index in [0.717, 1.165) is 22.2 Å². The summed E-state index contributed by atoms with van der Waals surface area (Å²) < 4.78 is 2.06.